The molecule has 2 rings (SSSR count). The van der Waals surface area contributed by atoms with Gasteiger partial charge in [-0.05, 0) is 36.0 Å². The topological polar surface area (TPSA) is 9.23 Å². The first-order chi connectivity index (χ1) is 5.81. The lowest BCUT2D eigenvalue weighted by Crippen LogP contribution is -1.84. The van der Waals surface area contributed by atoms with E-state index >= 15 is 0 Å². The molecule has 0 aliphatic heterocycles. The van der Waals surface area contributed by atoms with Crippen molar-refractivity contribution in [2.45, 2.75) is 19.3 Å². The fourth-order valence-corrected chi connectivity index (χ4v) is 1.64. The molecular formula is C11H14O. The largest absolute Gasteiger partial charge is 0.497 e. The molecule has 1 aliphatic carbocycles. The maximum Gasteiger partial charge on any atom is 0.118 e. The Labute approximate surface area is 73.4 Å². The van der Waals surface area contributed by atoms with Crippen LogP contribution in [0.3, 0.4) is 0 Å². The lowest BCUT2D eigenvalue weighted by molar-refractivity contribution is 0.414. The van der Waals surface area contributed by atoms with Crippen LogP contribution in [0.25, 0.3) is 0 Å². The molecule has 1 saturated carbocycles. The Hall–Kier alpha value is -0.980. The molecule has 0 N–H and O–H groups in total. The molecule has 0 spiro atoms. The third kappa shape index (κ3) is 1.31. The fraction of sp³-hybridized carbons (Fsp3) is 0.455. The summed E-state index contributed by atoms with van der Waals surface area (Å²) in [6.45, 7) is 2.30. The van der Waals surface area contributed by atoms with Gasteiger partial charge in [0.1, 0.15) is 5.75 Å². The van der Waals surface area contributed by atoms with Crippen LogP contribution in [0.4, 0.5) is 0 Å². The Bertz CT molecular complexity index is 263. The van der Waals surface area contributed by atoms with Crippen LogP contribution in [0.2, 0.25) is 0 Å². The summed E-state index contributed by atoms with van der Waals surface area (Å²) in [7, 11) is 1.70. The number of benzene rings is 1. The molecule has 1 heteroatoms. The second-order valence-electron chi connectivity index (χ2n) is 3.59. The second kappa shape index (κ2) is 2.81. The predicted molar refractivity (Wildman–Crippen MR) is 49.5 cm³/mol. The molecule has 0 bridgehead atoms. The zero-order valence-electron chi connectivity index (χ0n) is 7.58. The highest BCUT2D eigenvalue weighted by Crippen LogP contribution is 2.46. The summed E-state index contributed by atoms with van der Waals surface area (Å²) in [4.78, 5) is 0. The number of hydrogen-bond donors (Lipinski definition) is 0. The van der Waals surface area contributed by atoms with Gasteiger partial charge in [0.2, 0.25) is 0 Å². The van der Waals surface area contributed by atoms with Gasteiger partial charge < -0.3 is 4.74 Å². The molecule has 1 nitrogen and oxygen atoms in total. The first-order valence-corrected chi connectivity index (χ1v) is 4.45. The van der Waals surface area contributed by atoms with Crippen LogP contribution >= 0.6 is 0 Å². The smallest absolute Gasteiger partial charge is 0.118 e. The summed E-state index contributed by atoms with van der Waals surface area (Å²) in [6.07, 6.45) is 1.35. The molecule has 1 fully saturated rings. The monoisotopic (exact) mass is 162 g/mol. The lowest BCUT2D eigenvalue weighted by atomic mass is 10.1. The Balaban J connectivity index is 2.14. The van der Waals surface area contributed by atoms with Crippen LogP contribution < -0.4 is 4.74 Å². The van der Waals surface area contributed by atoms with Crippen LogP contribution in [0.1, 0.15) is 24.8 Å². The predicted octanol–water partition coefficient (Wildman–Crippen LogP) is 2.82. The normalized spacial score (nSPS) is 26.8. The van der Waals surface area contributed by atoms with Crippen LogP contribution in [-0.2, 0) is 0 Å². The van der Waals surface area contributed by atoms with E-state index in [2.05, 4.69) is 19.1 Å². The molecule has 1 aromatic carbocycles. The summed E-state index contributed by atoms with van der Waals surface area (Å²) in [5, 5.41) is 0. The SMILES string of the molecule is COc1ccc(C2CC2C)cc1. The van der Waals surface area contributed by atoms with Gasteiger partial charge in [0.05, 0.1) is 7.11 Å². The maximum absolute atomic E-state index is 5.10. The number of rotatable bonds is 2. The van der Waals surface area contributed by atoms with E-state index < -0.39 is 0 Å². The van der Waals surface area contributed by atoms with Gasteiger partial charge >= 0.3 is 0 Å². The summed E-state index contributed by atoms with van der Waals surface area (Å²) < 4.78 is 5.10. The number of hydrogen-bond acceptors (Lipinski definition) is 1. The van der Waals surface area contributed by atoms with Crippen molar-refractivity contribution in [1.82, 2.24) is 0 Å². The van der Waals surface area contributed by atoms with E-state index in [1.807, 2.05) is 12.1 Å². The van der Waals surface area contributed by atoms with Crippen molar-refractivity contribution in [1.29, 1.82) is 0 Å². The van der Waals surface area contributed by atoms with Gasteiger partial charge in [0.25, 0.3) is 0 Å². The highest BCUT2D eigenvalue weighted by atomic mass is 16.5. The molecule has 1 aliphatic rings. The zero-order valence-corrected chi connectivity index (χ0v) is 7.58. The van der Waals surface area contributed by atoms with Crippen molar-refractivity contribution in [3.05, 3.63) is 29.8 Å². The molecule has 12 heavy (non-hydrogen) atoms. The number of ether oxygens (including phenoxy) is 1. The van der Waals surface area contributed by atoms with E-state index in [1.54, 1.807) is 7.11 Å². The quantitative estimate of drug-likeness (QED) is 0.649. The van der Waals surface area contributed by atoms with Crippen LogP contribution in [0, 0.1) is 5.92 Å². The highest BCUT2D eigenvalue weighted by Gasteiger charge is 2.33. The average molecular weight is 162 g/mol. The van der Waals surface area contributed by atoms with E-state index in [-0.39, 0.29) is 0 Å². The summed E-state index contributed by atoms with van der Waals surface area (Å²) in [6, 6.07) is 8.43. The highest BCUT2D eigenvalue weighted by molar-refractivity contribution is 5.32. The number of methoxy groups -OCH3 is 1. The minimum Gasteiger partial charge on any atom is -0.497 e. The van der Waals surface area contributed by atoms with Crippen molar-refractivity contribution in [3.8, 4) is 5.75 Å². The molecule has 64 valence electrons. The molecule has 2 atom stereocenters. The van der Waals surface area contributed by atoms with Gasteiger partial charge in [-0.1, -0.05) is 19.1 Å². The molecule has 0 saturated heterocycles. The minimum atomic E-state index is 0.816. The average Bonchev–Trinajstić information content (AvgIpc) is 2.83. The van der Waals surface area contributed by atoms with E-state index in [1.165, 1.54) is 12.0 Å². The third-order valence-electron chi connectivity index (χ3n) is 2.65. The van der Waals surface area contributed by atoms with Gasteiger partial charge in [-0.15, -0.1) is 0 Å². The van der Waals surface area contributed by atoms with Gasteiger partial charge in [-0.2, -0.15) is 0 Å². The Kier molecular flexibility index (Phi) is 1.80. The van der Waals surface area contributed by atoms with Crippen molar-refractivity contribution in [3.63, 3.8) is 0 Å². The van der Waals surface area contributed by atoms with Crippen molar-refractivity contribution < 1.29 is 4.74 Å². The van der Waals surface area contributed by atoms with Gasteiger partial charge in [-0.25, -0.2) is 0 Å². The maximum atomic E-state index is 5.10. The van der Waals surface area contributed by atoms with Crippen molar-refractivity contribution >= 4 is 0 Å². The van der Waals surface area contributed by atoms with E-state index in [0.717, 1.165) is 17.6 Å². The summed E-state index contributed by atoms with van der Waals surface area (Å²) in [5.41, 5.74) is 1.46. The second-order valence-corrected chi connectivity index (χ2v) is 3.59. The first kappa shape index (κ1) is 7.66. The molecule has 0 amide bonds. The van der Waals surface area contributed by atoms with Gasteiger partial charge in [0, 0.05) is 0 Å². The lowest BCUT2D eigenvalue weighted by Gasteiger charge is -2.01. The summed E-state index contributed by atoms with van der Waals surface area (Å²) in [5.74, 6) is 2.65. The first-order valence-electron chi connectivity index (χ1n) is 4.45. The molecule has 0 heterocycles. The van der Waals surface area contributed by atoms with Crippen LogP contribution in [-0.4, -0.2) is 7.11 Å². The molecule has 1 aromatic rings. The molecule has 0 aromatic heterocycles. The van der Waals surface area contributed by atoms with Crippen molar-refractivity contribution in [2.75, 3.05) is 7.11 Å². The molecule has 2 unspecified atom stereocenters. The van der Waals surface area contributed by atoms with E-state index in [9.17, 15) is 0 Å². The Morgan fingerprint density at radius 3 is 2.25 bits per heavy atom. The zero-order chi connectivity index (χ0) is 8.55. The van der Waals surface area contributed by atoms with Crippen LogP contribution in [0.5, 0.6) is 5.75 Å². The van der Waals surface area contributed by atoms with E-state index in [4.69, 9.17) is 4.74 Å². The third-order valence-corrected chi connectivity index (χ3v) is 2.65. The Morgan fingerprint density at radius 1 is 1.25 bits per heavy atom. The van der Waals surface area contributed by atoms with Gasteiger partial charge in [-0.3, -0.25) is 0 Å². The van der Waals surface area contributed by atoms with Gasteiger partial charge in [0.15, 0.2) is 0 Å². The Morgan fingerprint density at radius 2 is 1.83 bits per heavy atom. The standard InChI is InChI=1S/C11H14O/c1-8-7-11(8)9-3-5-10(12-2)6-4-9/h3-6,8,11H,7H2,1-2H3. The molecule has 0 radical (unpaired) electrons. The fourth-order valence-electron chi connectivity index (χ4n) is 1.64. The van der Waals surface area contributed by atoms with E-state index in [0.29, 0.717) is 0 Å². The minimum absolute atomic E-state index is 0.816. The molecular weight excluding hydrogens is 148 g/mol. The summed E-state index contributed by atoms with van der Waals surface area (Å²) >= 11 is 0. The van der Waals surface area contributed by atoms with Crippen molar-refractivity contribution in [2.24, 2.45) is 5.92 Å². The van der Waals surface area contributed by atoms with Crippen LogP contribution in [0.15, 0.2) is 24.3 Å².